The van der Waals surface area contributed by atoms with Crippen molar-refractivity contribution in [2.24, 2.45) is 0 Å². The Kier molecular flexibility index (Phi) is 5.87. The van der Waals surface area contributed by atoms with E-state index in [0.717, 1.165) is 0 Å². The van der Waals surface area contributed by atoms with E-state index < -0.39 is 23.6 Å². The van der Waals surface area contributed by atoms with Crippen LogP contribution in [-0.2, 0) is 14.2 Å². The minimum Gasteiger partial charge on any atom is -0.458 e. The molecular weight excluding hydrogens is 348 g/mol. The normalized spacial score (nSPS) is 21.0. The Hall–Kier alpha value is -3.14. The molecule has 27 heavy (non-hydrogen) atoms. The SMILES string of the molecule is O=C(OC#C[C@]1(COC(=O)c2ccccc2)OCC[C@H]1O)c1ccccc1. The third-order valence-corrected chi connectivity index (χ3v) is 4.13. The lowest BCUT2D eigenvalue weighted by Gasteiger charge is -2.25. The van der Waals surface area contributed by atoms with Crippen molar-refractivity contribution in [3.63, 3.8) is 0 Å². The Labute approximate surface area is 156 Å². The number of aliphatic hydroxyl groups is 1. The molecule has 3 rings (SSSR count). The number of esters is 2. The van der Waals surface area contributed by atoms with Crippen molar-refractivity contribution in [2.75, 3.05) is 13.2 Å². The maximum atomic E-state index is 12.1. The van der Waals surface area contributed by atoms with Crippen LogP contribution in [-0.4, -0.2) is 42.0 Å². The van der Waals surface area contributed by atoms with Gasteiger partial charge in [-0.15, -0.1) is 0 Å². The van der Waals surface area contributed by atoms with Gasteiger partial charge in [0.1, 0.15) is 18.8 Å². The predicted molar refractivity (Wildman–Crippen MR) is 95.7 cm³/mol. The lowest BCUT2D eigenvalue weighted by molar-refractivity contribution is -0.0573. The molecule has 1 heterocycles. The van der Waals surface area contributed by atoms with Crippen molar-refractivity contribution in [1.82, 2.24) is 0 Å². The van der Waals surface area contributed by atoms with E-state index in [1.807, 2.05) is 0 Å². The van der Waals surface area contributed by atoms with Crippen LogP contribution in [0.5, 0.6) is 0 Å². The first-order valence-corrected chi connectivity index (χ1v) is 8.43. The summed E-state index contributed by atoms with van der Waals surface area (Å²) in [5, 5.41) is 10.2. The zero-order chi connectivity index (χ0) is 19.1. The summed E-state index contributed by atoms with van der Waals surface area (Å²) in [4.78, 5) is 24.1. The maximum absolute atomic E-state index is 12.1. The van der Waals surface area contributed by atoms with Crippen molar-refractivity contribution >= 4 is 11.9 Å². The Morgan fingerprint density at radius 3 is 2.19 bits per heavy atom. The number of benzene rings is 2. The van der Waals surface area contributed by atoms with Crippen molar-refractivity contribution < 1.29 is 28.9 Å². The molecule has 1 saturated heterocycles. The van der Waals surface area contributed by atoms with Crippen LogP contribution >= 0.6 is 0 Å². The summed E-state index contributed by atoms with van der Waals surface area (Å²) >= 11 is 0. The Bertz CT molecular complexity index is 852. The van der Waals surface area contributed by atoms with E-state index in [4.69, 9.17) is 14.2 Å². The van der Waals surface area contributed by atoms with E-state index in [0.29, 0.717) is 17.5 Å². The van der Waals surface area contributed by atoms with Gasteiger partial charge in [0.15, 0.2) is 5.60 Å². The molecule has 0 aliphatic carbocycles. The first-order chi connectivity index (χ1) is 13.1. The molecular formula is C21H18O6. The molecule has 138 valence electrons. The van der Waals surface area contributed by atoms with Gasteiger partial charge in [-0.25, -0.2) is 9.59 Å². The first-order valence-electron chi connectivity index (χ1n) is 8.43. The fourth-order valence-electron chi connectivity index (χ4n) is 2.60. The van der Waals surface area contributed by atoms with Crippen molar-refractivity contribution in [3.8, 4) is 12.0 Å². The molecule has 0 unspecified atom stereocenters. The van der Waals surface area contributed by atoms with Gasteiger partial charge in [-0.2, -0.15) is 0 Å². The van der Waals surface area contributed by atoms with Gasteiger partial charge < -0.3 is 19.3 Å². The molecule has 0 amide bonds. The molecule has 2 aromatic rings. The number of carbonyl (C=O) groups excluding carboxylic acids is 2. The second kappa shape index (κ2) is 8.49. The number of carbonyl (C=O) groups is 2. The Morgan fingerprint density at radius 1 is 1.04 bits per heavy atom. The second-order valence-corrected chi connectivity index (χ2v) is 5.97. The molecule has 2 aromatic carbocycles. The molecule has 1 aliphatic rings. The predicted octanol–water partition coefficient (Wildman–Crippen LogP) is 2.18. The highest BCUT2D eigenvalue weighted by atomic mass is 16.6. The van der Waals surface area contributed by atoms with Crippen LogP contribution in [0.3, 0.4) is 0 Å². The van der Waals surface area contributed by atoms with Crippen molar-refractivity contribution in [1.29, 1.82) is 0 Å². The summed E-state index contributed by atoms with van der Waals surface area (Å²) in [5.41, 5.74) is -0.700. The van der Waals surface area contributed by atoms with Crippen LogP contribution in [0.15, 0.2) is 60.7 Å². The van der Waals surface area contributed by atoms with Crippen molar-refractivity contribution in [3.05, 3.63) is 71.8 Å². The molecule has 1 fully saturated rings. The number of hydrogen-bond acceptors (Lipinski definition) is 6. The molecule has 6 nitrogen and oxygen atoms in total. The van der Waals surface area contributed by atoms with Gasteiger partial charge in [-0.3, -0.25) is 0 Å². The smallest absolute Gasteiger partial charge is 0.352 e. The van der Waals surface area contributed by atoms with Gasteiger partial charge in [-0.05, 0) is 30.2 Å². The molecule has 2 atom stereocenters. The van der Waals surface area contributed by atoms with E-state index >= 15 is 0 Å². The highest BCUT2D eigenvalue weighted by Gasteiger charge is 2.44. The van der Waals surface area contributed by atoms with Gasteiger partial charge in [0, 0.05) is 6.42 Å². The van der Waals surface area contributed by atoms with Crippen LogP contribution in [0, 0.1) is 12.0 Å². The molecule has 0 bridgehead atoms. The van der Waals surface area contributed by atoms with E-state index in [1.54, 1.807) is 60.7 Å². The van der Waals surface area contributed by atoms with Gasteiger partial charge in [0.05, 0.1) is 17.7 Å². The fourth-order valence-corrected chi connectivity index (χ4v) is 2.60. The zero-order valence-corrected chi connectivity index (χ0v) is 14.5. The largest absolute Gasteiger partial charge is 0.458 e. The number of aliphatic hydroxyl groups excluding tert-OH is 1. The minimum absolute atomic E-state index is 0.255. The van der Waals surface area contributed by atoms with Crippen LogP contribution < -0.4 is 0 Å². The molecule has 0 saturated carbocycles. The standard InChI is InChI=1S/C21H18O6/c22-18-11-13-27-21(18,15-26-20(24)17-9-5-2-6-10-17)12-14-25-19(23)16-7-3-1-4-8-16/h1-10,18,22H,11,13,15H2/t18-,21-/m1/s1. The van der Waals surface area contributed by atoms with E-state index in [1.165, 1.54) is 0 Å². The van der Waals surface area contributed by atoms with Gasteiger partial charge in [-0.1, -0.05) is 36.4 Å². The molecule has 0 spiro atoms. The fraction of sp³-hybridized carbons (Fsp3) is 0.238. The first kappa shape index (κ1) is 18.6. The van der Waals surface area contributed by atoms with E-state index in [2.05, 4.69) is 12.0 Å². The summed E-state index contributed by atoms with van der Waals surface area (Å²) in [6.07, 6.45) is 1.65. The van der Waals surface area contributed by atoms with Crippen LogP contribution in [0.1, 0.15) is 27.1 Å². The lowest BCUT2D eigenvalue weighted by atomic mass is 9.99. The average Bonchev–Trinajstić information content (AvgIpc) is 3.08. The number of ether oxygens (including phenoxy) is 3. The lowest BCUT2D eigenvalue weighted by Crippen LogP contribution is -2.43. The Balaban J connectivity index is 1.67. The number of rotatable bonds is 4. The summed E-state index contributed by atoms with van der Waals surface area (Å²) in [5.74, 6) is 1.44. The van der Waals surface area contributed by atoms with E-state index in [-0.39, 0.29) is 13.2 Å². The topological polar surface area (TPSA) is 82.1 Å². The van der Waals surface area contributed by atoms with Gasteiger partial charge >= 0.3 is 11.9 Å². The van der Waals surface area contributed by atoms with Gasteiger partial charge in [0.2, 0.25) is 0 Å². The Morgan fingerprint density at radius 2 is 1.63 bits per heavy atom. The third kappa shape index (κ3) is 4.53. The van der Waals surface area contributed by atoms with Gasteiger partial charge in [0.25, 0.3) is 0 Å². The molecule has 1 N–H and O–H groups in total. The van der Waals surface area contributed by atoms with Crippen LogP contribution in [0.2, 0.25) is 0 Å². The monoisotopic (exact) mass is 366 g/mol. The summed E-state index contributed by atoms with van der Waals surface area (Å²) < 4.78 is 15.7. The van der Waals surface area contributed by atoms with E-state index in [9.17, 15) is 14.7 Å². The molecule has 6 heteroatoms. The summed E-state index contributed by atoms with van der Waals surface area (Å²) in [6, 6.07) is 16.9. The maximum Gasteiger partial charge on any atom is 0.352 e. The summed E-state index contributed by atoms with van der Waals surface area (Å²) in [6.45, 7) is -0.0247. The van der Waals surface area contributed by atoms with Crippen molar-refractivity contribution in [2.45, 2.75) is 18.1 Å². The molecule has 0 aromatic heterocycles. The highest BCUT2D eigenvalue weighted by molar-refractivity contribution is 5.90. The number of hydrogen-bond donors (Lipinski definition) is 1. The summed E-state index contributed by atoms with van der Waals surface area (Å²) in [7, 11) is 0. The third-order valence-electron chi connectivity index (χ3n) is 4.13. The average molecular weight is 366 g/mol. The molecule has 1 aliphatic heterocycles. The quantitative estimate of drug-likeness (QED) is 0.660. The second-order valence-electron chi connectivity index (χ2n) is 5.97. The highest BCUT2D eigenvalue weighted by Crippen LogP contribution is 2.26. The van der Waals surface area contributed by atoms with Crippen LogP contribution in [0.4, 0.5) is 0 Å². The molecule has 0 radical (unpaired) electrons. The zero-order valence-electron chi connectivity index (χ0n) is 14.5. The minimum atomic E-state index is -1.43. The van der Waals surface area contributed by atoms with Crippen LogP contribution in [0.25, 0.3) is 0 Å².